The van der Waals surface area contributed by atoms with Crippen LogP contribution in [0.15, 0.2) is 36.9 Å². The number of thioether (sulfide) groups is 1. The van der Waals surface area contributed by atoms with Gasteiger partial charge in [-0.05, 0) is 49.0 Å². The molecule has 0 spiro atoms. The lowest BCUT2D eigenvalue weighted by Crippen LogP contribution is -2.50. The van der Waals surface area contributed by atoms with Crippen LogP contribution in [0.5, 0.6) is 0 Å². The van der Waals surface area contributed by atoms with E-state index in [0.29, 0.717) is 18.7 Å². The van der Waals surface area contributed by atoms with Gasteiger partial charge in [0.25, 0.3) is 0 Å². The Labute approximate surface area is 185 Å². The first-order valence-corrected chi connectivity index (χ1v) is 12.1. The maximum Gasteiger partial charge on any atom is 0.243 e. The number of nitrogens with one attached hydrogen (secondary N) is 1. The Hall–Kier alpha value is -2.68. The van der Waals surface area contributed by atoms with Gasteiger partial charge in [-0.1, -0.05) is 25.0 Å². The van der Waals surface area contributed by atoms with E-state index in [-0.39, 0.29) is 29.6 Å². The summed E-state index contributed by atoms with van der Waals surface area (Å²) in [4.78, 5) is 44.3. The van der Waals surface area contributed by atoms with Crippen LogP contribution in [0.2, 0.25) is 0 Å². The van der Waals surface area contributed by atoms with Crippen LogP contribution in [0.4, 0.5) is 0 Å². The van der Waals surface area contributed by atoms with Crippen molar-refractivity contribution in [2.45, 2.75) is 44.7 Å². The fraction of sp³-hybridized carbons (Fsp3) is 0.500. The Morgan fingerprint density at radius 3 is 2.42 bits per heavy atom. The molecule has 2 aliphatic rings. The molecule has 1 aromatic carbocycles. The first-order valence-electron chi connectivity index (χ1n) is 10.7. The number of imide groups is 1. The Bertz CT molecular complexity index is 907. The number of carbonyl (C=O) groups is 3. The average molecular weight is 442 g/mol. The highest BCUT2D eigenvalue weighted by molar-refractivity contribution is 7.98. The van der Waals surface area contributed by atoms with Gasteiger partial charge in [0.1, 0.15) is 18.7 Å². The van der Waals surface area contributed by atoms with E-state index in [1.54, 1.807) is 22.8 Å². The number of likely N-dealkylation sites (tertiary alicyclic amines) is 1. The molecule has 3 atom stereocenters. The third-order valence-corrected chi connectivity index (χ3v) is 6.82. The SMILES string of the molecule is CSCCC(C(=O)NCc1ccc(-n2cncn2)cc1)N1C(=O)C2CCCCC2C1=O. The lowest BCUT2D eigenvalue weighted by atomic mass is 9.81. The minimum absolute atomic E-state index is 0.159. The maximum atomic E-state index is 13.1. The summed E-state index contributed by atoms with van der Waals surface area (Å²) < 4.78 is 1.66. The smallest absolute Gasteiger partial charge is 0.243 e. The van der Waals surface area contributed by atoms with Crippen LogP contribution in [-0.4, -0.2) is 55.4 Å². The fourth-order valence-corrected chi connectivity index (χ4v) is 4.98. The molecule has 3 amide bonds. The van der Waals surface area contributed by atoms with Crippen molar-refractivity contribution in [3.8, 4) is 5.69 Å². The quantitative estimate of drug-likeness (QED) is 0.631. The summed E-state index contributed by atoms with van der Waals surface area (Å²) in [6.45, 7) is 0.329. The summed E-state index contributed by atoms with van der Waals surface area (Å²) in [5, 5.41) is 7.03. The zero-order valence-electron chi connectivity index (χ0n) is 17.6. The van der Waals surface area contributed by atoms with Crippen molar-refractivity contribution in [1.82, 2.24) is 25.0 Å². The zero-order valence-corrected chi connectivity index (χ0v) is 18.4. The molecule has 2 fully saturated rings. The first-order chi connectivity index (χ1) is 15.1. The van der Waals surface area contributed by atoms with Gasteiger partial charge in [0, 0.05) is 6.54 Å². The predicted molar refractivity (Wildman–Crippen MR) is 117 cm³/mol. The van der Waals surface area contributed by atoms with Crippen molar-refractivity contribution in [1.29, 1.82) is 0 Å². The van der Waals surface area contributed by atoms with Gasteiger partial charge >= 0.3 is 0 Å². The van der Waals surface area contributed by atoms with Crippen molar-refractivity contribution in [2.24, 2.45) is 11.8 Å². The number of amides is 3. The van der Waals surface area contributed by atoms with E-state index >= 15 is 0 Å². The molecular weight excluding hydrogens is 414 g/mol. The molecule has 2 aromatic rings. The van der Waals surface area contributed by atoms with Crippen molar-refractivity contribution in [3.63, 3.8) is 0 Å². The third kappa shape index (κ3) is 4.51. The number of benzene rings is 1. The maximum absolute atomic E-state index is 13.1. The normalized spacial score (nSPS) is 21.8. The fourth-order valence-electron chi connectivity index (χ4n) is 4.52. The van der Waals surface area contributed by atoms with Crippen LogP contribution in [0.1, 0.15) is 37.7 Å². The van der Waals surface area contributed by atoms with Crippen molar-refractivity contribution >= 4 is 29.5 Å². The van der Waals surface area contributed by atoms with Gasteiger partial charge in [-0.3, -0.25) is 19.3 Å². The van der Waals surface area contributed by atoms with Crippen LogP contribution in [0.3, 0.4) is 0 Å². The Balaban J connectivity index is 1.43. The number of hydrogen-bond acceptors (Lipinski definition) is 6. The van der Waals surface area contributed by atoms with E-state index in [4.69, 9.17) is 0 Å². The summed E-state index contributed by atoms with van der Waals surface area (Å²) in [7, 11) is 0. The first kappa shape index (κ1) is 21.5. The summed E-state index contributed by atoms with van der Waals surface area (Å²) in [6.07, 6.45) is 8.96. The van der Waals surface area contributed by atoms with Crippen LogP contribution >= 0.6 is 11.8 Å². The van der Waals surface area contributed by atoms with Crippen LogP contribution in [0.25, 0.3) is 5.69 Å². The number of fused-ring (bicyclic) bond motifs is 1. The van der Waals surface area contributed by atoms with Crippen LogP contribution in [0, 0.1) is 11.8 Å². The molecule has 1 saturated heterocycles. The Morgan fingerprint density at radius 2 is 1.84 bits per heavy atom. The van der Waals surface area contributed by atoms with Gasteiger partial charge in [-0.2, -0.15) is 16.9 Å². The van der Waals surface area contributed by atoms with Crippen LogP contribution < -0.4 is 5.32 Å². The molecule has 164 valence electrons. The minimum Gasteiger partial charge on any atom is -0.350 e. The van der Waals surface area contributed by atoms with Gasteiger partial charge in [-0.25, -0.2) is 9.67 Å². The topological polar surface area (TPSA) is 97.2 Å². The highest BCUT2D eigenvalue weighted by Gasteiger charge is 2.51. The predicted octanol–water partition coefficient (Wildman–Crippen LogP) is 2.18. The van der Waals surface area contributed by atoms with Crippen molar-refractivity contribution < 1.29 is 14.4 Å². The molecular formula is C22H27N5O3S. The van der Waals surface area contributed by atoms with E-state index in [0.717, 1.165) is 36.9 Å². The second kappa shape index (κ2) is 9.64. The summed E-state index contributed by atoms with van der Waals surface area (Å²) in [5.74, 6) is -0.363. The van der Waals surface area contributed by atoms with Crippen molar-refractivity contribution in [2.75, 3.05) is 12.0 Å². The van der Waals surface area contributed by atoms with E-state index in [9.17, 15) is 14.4 Å². The van der Waals surface area contributed by atoms with E-state index in [2.05, 4.69) is 15.4 Å². The third-order valence-electron chi connectivity index (χ3n) is 6.17. The van der Waals surface area contributed by atoms with Crippen molar-refractivity contribution in [3.05, 3.63) is 42.5 Å². The van der Waals surface area contributed by atoms with Gasteiger partial charge < -0.3 is 5.32 Å². The van der Waals surface area contributed by atoms with Gasteiger partial charge in [0.05, 0.1) is 17.5 Å². The molecule has 1 aliphatic carbocycles. The molecule has 2 heterocycles. The molecule has 4 rings (SSSR count). The second-order valence-electron chi connectivity index (χ2n) is 8.07. The standard InChI is InChI=1S/C22H27N5O3S/c1-31-11-10-19(27-21(29)17-4-2-3-5-18(17)22(27)30)20(28)24-12-15-6-8-16(9-7-15)26-14-23-13-25-26/h6-9,13-14,17-19H,2-5,10-12H2,1H3,(H,24,28). The highest BCUT2D eigenvalue weighted by atomic mass is 32.2. The second-order valence-corrected chi connectivity index (χ2v) is 9.05. The molecule has 8 nitrogen and oxygen atoms in total. The molecule has 9 heteroatoms. The van der Waals surface area contributed by atoms with E-state index in [1.807, 2.05) is 30.5 Å². The largest absolute Gasteiger partial charge is 0.350 e. The van der Waals surface area contributed by atoms with Gasteiger partial charge in [0.2, 0.25) is 17.7 Å². The molecule has 3 unspecified atom stereocenters. The number of aromatic nitrogens is 3. The average Bonchev–Trinajstić information content (AvgIpc) is 3.42. The Kier molecular flexibility index (Phi) is 6.70. The molecule has 0 bridgehead atoms. The van der Waals surface area contributed by atoms with E-state index < -0.39 is 6.04 Å². The number of nitrogens with zero attached hydrogens (tertiary/aromatic N) is 4. The molecule has 1 saturated carbocycles. The Morgan fingerprint density at radius 1 is 1.16 bits per heavy atom. The number of carbonyl (C=O) groups excluding carboxylic acids is 3. The van der Waals surface area contributed by atoms with E-state index in [1.165, 1.54) is 11.2 Å². The summed E-state index contributed by atoms with van der Waals surface area (Å²) in [6, 6.07) is 6.88. The highest BCUT2D eigenvalue weighted by Crippen LogP contribution is 2.39. The van der Waals surface area contributed by atoms with Crippen LogP contribution in [-0.2, 0) is 20.9 Å². The number of hydrogen-bond donors (Lipinski definition) is 1. The lowest BCUT2D eigenvalue weighted by molar-refractivity contribution is -0.148. The molecule has 1 aliphatic heterocycles. The summed E-state index contributed by atoms with van der Waals surface area (Å²) in [5.41, 5.74) is 1.80. The zero-order chi connectivity index (χ0) is 21.8. The molecule has 0 radical (unpaired) electrons. The van der Waals surface area contributed by atoms with Gasteiger partial charge in [-0.15, -0.1) is 0 Å². The number of rotatable bonds is 8. The molecule has 1 aromatic heterocycles. The summed E-state index contributed by atoms with van der Waals surface area (Å²) >= 11 is 1.61. The molecule has 31 heavy (non-hydrogen) atoms. The monoisotopic (exact) mass is 441 g/mol. The lowest BCUT2D eigenvalue weighted by Gasteiger charge is -2.26. The minimum atomic E-state index is -0.743. The van der Waals surface area contributed by atoms with Gasteiger partial charge in [0.15, 0.2) is 0 Å². The molecule has 1 N–H and O–H groups in total.